The summed E-state index contributed by atoms with van der Waals surface area (Å²) in [5.41, 5.74) is 12.7. The molecule has 2 rings (SSSR count). The normalized spacial score (nSPS) is 11.0. The van der Waals surface area contributed by atoms with Gasteiger partial charge in [0.2, 0.25) is 0 Å². The van der Waals surface area contributed by atoms with Crippen molar-refractivity contribution in [3.8, 4) is 11.5 Å². The molecule has 0 saturated heterocycles. The summed E-state index contributed by atoms with van der Waals surface area (Å²) in [6.45, 7) is 7.08. The quantitative estimate of drug-likeness (QED) is 0.171. The highest BCUT2D eigenvalue weighted by molar-refractivity contribution is 5.42. The molecule has 10 heteroatoms. The van der Waals surface area contributed by atoms with Crippen molar-refractivity contribution in [2.24, 2.45) is 0 Å². The molecular formula is C26H40N2O8. The summed E-state index contributed by atoms with van der Waals surface area (Å²) in [5, 5.41) is 0. The summed E-state index contributed by atoms with van der Waals surface area (Å²) in [6, 6.07) is 14.5. The molecule has 0 aromatic heterocycles. The largest absolute Gasteiger partial charge is 0.491 e. The zero-order valence-electron chi connectivity index (χ0n) is 20.9. The van der Waals surface area contributed by atoms with Gasteiger partial charge in [0.25, 0.3) is 0 Å². The van der Waals surface area contributed by atoms with Gasteiger partial charge in [-0.15, -0.1) is 0 Å². The second-order valence-electron chi connectivity index (χ2n) is 7.51. The van der Waals surface area contributed by atoms with E-state index in [1.54, 1.807) is 24.3 Å². The number of hydrogen-bond acceptors (Lipinski definition) is 10. The molecule has 202 valence electrons. The first-order valence-corrected chi connectivity index (χ1v) is 12.2. The SMILES string of the molecule is Nc1ccc(OCCOCCOCCOCCOCCOCCOCCOc2ccc(N)cc2)cc1. The Bertz CT molecular complexity index is 696. The molecule has 2 aromatic carbocycles. The number of ether oxygens (including phenoxy) is 8. The summed E-state index contributed by atoms with van der Waals surface area (Å²) in [6.07, 6.45) is 0. The van der Waals surface area contributed by atoms with Gasteiger partial charge in [0.1, 0.15) is 24.7 Å². The summed E-state index contributed by atoms with van der Waals surface area (Å²) < 4.78 is 43.8. The Kier molecular flexibility index (Phi) is 16.9. The Morgan fingerprint density at radius 2 is 0.556 bits per heavy atom. The van der Waals surface area contributed by atoms with Crippen LogP contribution < -0.4 is 20.9 Å². The van der Waals surface area contributed by atoms with Crippen LogP contribution in [0.2, 0.25) is 0 Å². The van der Waals surface area contributed by atoms with E-state index in [1.807, 2.05) is 24.3 Å². The highest BCUT2D eigenvalue weighted by Gasteiger charge is 1.97. The Balaban J connectivity index is 1.21. The monoisotopic (exact) mass is 508 g/mol. The average molecular weight is 509 g/mol. The molecule has 2 aromatic rings. The number of hydrogen-bond donors (Lipinski definition) is 2. The van der Waals surface area contributed by atoms with E-state index in [4.69, 9.17) is 49.4 Å². The summed E-state index contributed by atoms with van der Waals surface area (Å²) in [7, 11) is 0. The summed E-state index contributed by atoms with van der Waals surface area (Å²) in [5.74, 6) is 1.55. The molecule has 0 radical (unpaired) electrons. The number of rotatable bonds is 23. The number of anilines is 2. The zero-order chi connectivity index (χ0) is 25.5. The van der Waals surface area contributed by atoms with Gasteiger partial charge in [0.15, 0.2) is 0 Å². The second-order valence-corrected chi connectivity index (χ2v) is 7.51. The van der Waals surface area contributed by atoms with Crippen LogP contribution in [0, 0.1) is 0 Å². The van der Waals surface area contributed by atoms with Crippen LogP contribution in [0.1, 0.15) is 0 Å². The van der Waals surface area contributed by atoms with Gasteiger partial charge in [-0.05, 0) is 48.5 Å². The maximum Gasteiger partial charge on any atom is 0.119 e. The smallest absolute Gasteiger partial charge is 0.119 e. The predicted molar refractivity (Wildman–Crippen MR) is 138 cm³/mol. The van der Waals surface area contributed by atoms with Crippen LogP contribution in [-0.2, 0) is 28.4 Å². The maximum absolute atomic E-state index is 5.63. The fraction of sp³-hybridized carbons (Fsp3) is 0.538. The van der Waals surface area contributed by atoms with E-state index < -0.39 is 0 Å². The minimum atomic E-state index is 0.479. The van der Waals surface area contributed by atoms with Crippen LogP contribution in [0.15, 0.2) is 48.5 Å². The van der Waals surface area contributed by atoms with Crippen LogP contribution in [0.4, 0.5) is 11.4 Å². The lowest BCUT2D eigenvalue weighted by atomic mass is 10.3. The Morgan fingerprint density at radius 3 is 0.806 bits per heavy atom. The van der Waals surface area contributed by atoms with Crippen molar-refractivity contribution < 1.29 is 37.9 Å². The van der Waals surface area contributed by atoms with Gasteiger partial charge in [-0.3, -0.25) is 0 Å². The molecule has 0 aliphatic rings. The van der Waals surface area contributed by atoms with Crippen molar-refractivity contribution in [2.75, 3.05) is 104 Å². The molecule has 4 N–H and O–H groups in total. The number of benzene rings is 2. The first-order chi connectivity index (χ1) is 17.7. The van der Waals surface area contributed by atoms with Crippen molar-refractivity contribution in [2.45, 2.75) is 0 Å². The molecule has 0 atom stereocenters. The standard InChI is InChI=1S/C26H40N2O8/c27-23-1-5-25(6-2-23)35-21-19-33-17-15-31-13-11-29-9-10-30-12-14-32-16-18-34-20-22-36-26-7-3-24(28)4-8-26/h1-8H,9-22,27-28H2. The molecule has 0 bridgehead atoms. The van der Waals surface area contributed by atoms with Crippen LogP contribution in [-0.4, -0.2) is 92.5 Å². The Morgan fingerprint density at radius 1 is 0.333 bits per heavy atom. The molecule has 0 amide bonds. The Hall–Kier alpha value is -2.60. The van der Waals surface area contributed by atoms with Crippen molar-refractivity contribution in [1.29, 1.82) is 0 Å². The van der Waals surface area contributed by atoms with Gasteiger partial charge < -0.3 is 49.4 Å². The first kappa shape index (κ1) is 29.6. The van der Waals surface area contributed by atoms with Crippen LogP contribution in [0.25, 0.3) is 0 Å². The van der Waals surface area contributed by atoms with Gasteiger partial charge >= 0.3 is 0 Å². The molecular weight excluding hydrogens is 468 g/mol. The third-order valence-electron chi connectivity index (χ3n) is 4.61. The summed E-state index contributed by atoms with van der Waals surface area (Å²) >= 11 is 0. The first-order valence-electron chi connectivity index (χ1n) is 12.2. The molecule has 0 unspecified atom stereocenters. The van der Waals surface area contributed by atoms with Gasteiger partial charge in [-0.1, -0.05) is 0 Å². The van der Waals surface area contributed by atoms with E-state index in [2.05, 4.69) is 0 Å². The number of nitrogens with two attached hydrogens (primary N) is 2. The van der Waals surface area contributed by atoms with Gasteiger partial charge in [0, 0.05) is 11.4 Å². The molecule has 0 aliphatic heterocycles. The third kappa shape index (κ3) is 16.1. The molecule has 0 heterocycles. The lowest BCUT2D eigenvalue weighted by Gasteiger charge is -2.09. The highest BCUT2D eigenvalue weighted by atomic mass is 16.6. The third-order valence-corrected chi connectivity index (χ3v) is 4.61. The minimum Gasteiger partial charge on any atom is -0.491 e. The number of nitrogen functional groups attached to an aromatic ring is 2. The van der Waals surface area contributed by atoms with E-state index >= 15 is 0 Å². The molecule has 0 saturated carbocycles. The topological polar surface area (TPSA) is 126 Å². The lowest BCUT2D eigenvalue weighted by molar-refractivity contribution is -0.0187. The van der Waals surface area contributed by atoms with E-state index in [-0.39, 0.29) is 0 Å². The summed E-state index contributed by atoms with van der Waals surface area (Å²) in [4.78, 5) is 0. The molecule has 0 aliphatic carbocycles. The molecule has 10 nitrogen and oxygen atoms in total. The fourth-order valence-corrected chi connectivity index (χ4v) is 2.77. The fourth-order valence-electron chi connectivity index (χ4n) is 2.77. The van der Waals surface area contributed by atoms with Gasteiger partial charge in [-0.25, -0.2) is 0 Å². The molecule has 0 spiro atoms. The second kappa shape index (κ2) is 20.6. The molecule has 36 heavy (non-hydrogen) atoms. The van der Waals surface area contributed by atoms with Crippen molar-refractivity contribution in [1.82, 2.24) is 0 Å². The van der Waals surface area contributed by atoms with E-state index in [1.165, 1.54) is 0 Å². The molecule has 0 fully saturated rings. The highest BCUT2D eigenvalue weighted by Crippen LogP contribution is 2.13. The van der Waals surface area contributed by atoms with Crippen LogP contribution >= 0.6 is 0 Å². The van der Waals surface area contributed by atoms with E-state index in [9.17, 15) is 0 Å². The van der Waals surface area contributed by atoms with Gasteiger partial charge in [0.05, 0.1) is 79.3 Å². The average Bonchev–Trinajstić information content (AvgIpc) is 2.89. The van der Waals surface area contributed by atoms with Crippen LogP contribution in [0.5, 0.6) is 11.5 Å². The van der Waals surface area contributed by atoms with E-state index in [0.29, 0.717) is 104 Å². The maximum atomic E-state index is 5.63. The van der Waals surface area contributed by atoms with Crippen molar-refractivity contribution in [3.63, 3.8) is 0 Å². The lowest BCUT2D eigenvalue weighted by Crippen LogP contribution is -2.15. The van der Waals surface area contributed by atoms with Crippen LogP contribution in [0.3, 0.4) is 0 Å². The van der Waals surface area contributed by atoms with Crippen molar-refractivity contribution in [3.05, 3.63) is 48.5 Å². The van der Waals surface area contributed by atoms with E-state index in [0.717, 1.165) is 11.5 Å². The zero-order valence-corrected chi connectivity index (χ0v) is 20.9. The minimum absolute atomic E-state index is 0.479. The Labute approximate surface area is 213 Å². The predicted octanol–water partition coefficient (Wildman–Crippen LogP) is 2.41. The van der Waals surface area contributed by atoms with Gasteiger partial charge in [-0.2, -0.15) is 0 Å². The van der Waals surface area contributed by atoms with Crippen molar-refractivity contribution >= 4 is 11.4 Å².